The summed E-state index contributed by atoms with van der Waals surface area (Å²) >= 11 is 3.25. The molecule has 0 heterocycles. The van der Waals surface area contributed by atoms with Crippen LogP contribution in [0.3, 0.4) is 0 Å². The molecule has 0 unspecified atom stereocenters. The van der Waals surface area contributed by atoms with Crippen LogP contribution in [0, 0.1) is 6.92 Å². The van der Waals surface area contributed by atoms with E-state index in [4.69, 9.17) is 10.5 Å². The van der Waals surface area contributed by atoms with Crippen molar-refractivity contribution in [3.05, 3.63) is 52.0 Å². The van der Waals surface area contributed by atoms with Gasteiger partial charge in [0.05, 0.1) is 22.2 Å². The first-order valence-corrected chi connectivity index (χ1v) is 8.79. The number of ether oxygens (including phenoxy) is 1. The Bertz CT molecular complexity index is 866. The van der Waals surface area contributed by atoms with Crippen molar-refractivity contribution in [1.29, 1.82) is 0 Å². The number of methoxy groups -OCH3 is 1. The van der Waals surface area contributed by atoms with E-state index < -0.39 is 15.9 Å². The molecule has 0 bridgehead atoms. The lowest BCUT2D eigenvalue weighted by atomic mass is 10.1. The fourth-order valence-corrected chi connectivity index (χ4v) is 3.87. The van der Waals surface area contributed by atoms with Crippen molar-refractivity contribution in [2.24, 2.45) is 5.73 Å². The molecule has 0 saturated carbocycles. The summed E-state index contributed by atoms with van der Waals surface area (Å²) in [4.78, 5) is 11.4. The van der Waals surface area contributed by atoms with E-state index in [0.29, 0.717) is 21.5 Å². The number of primary amides is 1. The van der Waals surface area contributed by atoms with Crippen LogP contribution in [0.5, 0.6) is 5.75 Å². The van der Waals surface area contributed by atoms with Crippen molar-refractivity contribution >= 4 is 37.5 Å². The Hall–Kier alpha value is -2.06. The van der Waals surface area contributed by atoms with E-state index in [0.717, 1.165) is 0 Å². The zero-order chi connectivity index (χ0) is 17.2. The maximum absolute atomic E-state index is 12.5. The molecule has 1 amide bonds. The number of hydrogen-bond acceptors (Lipinski definition) is 4. The normalized spacial score (nSPS) is 11.1. The summed E-state index contributed by atoms with van der Waals surface area (Å²) < 4.78 is 33.1. The van der Waals surface area contributed by atoms with E-state index in [1.54, 1.807) is 31.2 Å². The highest BCUT2D eigenvalue weighted by atomic mass is 79.9. The van der Waals surface area contributed by atoms with E-state index in [-0.39, 0.29) is 10.5 Å². The quantitative estimate of drug-likeness (QED) is 0.808. The average Bonchev–Trinajstić information content (AvgIpc) is 2.48. The van der Waals surface area contributed by atoms with Crippen molar-refractivity contribution in [2.75, 3.05) is 11.8 Å². The Morgan fingerprint density at radius 1 is 1.26 bits per heavy atom. The van der Waals surface area contributed by atoms with E-state index in [1.165, 1.54) is 19.2 Å². The molecule has 6 nitrogen and oxygen atoms in total. The number of anilines is 1. The minimum atomic E-state index is -3.81. The second-order valence-corrected chi connectivity index (χ2v) is 7.28. The number of halogens is 1. The molecule has 0 aromatic heterocycles. The second-order valence-electron chi connectivity index (χ2n) is 4.74. The Balaban J connectivity index is 2.41. The highest BCUT2D eigenvalue weighted by Gasteiger charge is 2.18. The van der Waals surface area contributed by atoms with Gasteiger partial charge in [-0.25, -0.2) is 8.42 Å². The van der Waals surface area contributed by atoms with Gasteiger partial charge >= 0.3 is 0 Å². The maximum atomic E-state index is 12.5. The van der Waals surface area contributed by atoms with Crippen LogP contribution in [-0.4, -0.2) is 21.4 Å². The monoisotopic (exact) mass is 398 g/mol. The van der Waals surface area contributed by atoms with Crippen LogP contribution >= 0.6 is 15.9 Å². The average molecular weight is 399 g/mol. The van der Waals surface area contributed by atoms with Crippen molar-refractivity contribution in [3.63, 3.8) is 0 Å². The molecule has 122 valence electrons. The molecule has 0 saturated heterocycles. The second kappa shape index (κ2) is 6.59. The van der Waals surface area contributed by atoms with Crippen molar-refractivity contribution in [2.45, 2.75) is 11.8 Å². The van der Waals surface area contributed by atoms with Gasteiger partial charge in [0.1, 0.15) is 5.75 Å². The Morgan fingerprint density at radius 3 is 2.52 bits per heavy atom. The molecule has 0 spiro atoms. The van der Waals surface area contributed by atoms with E-state index >= 15 is 0 Å². The predicted octanol–water partition coefficient (Wildman–Crippen LogP) is 2.67. The van der Waals surface area contributed by atoms with Crippen molar-refractivity contribution < 1.29 is 17.9 Å². The lowest BCUT2D eigenvalue weighted by molar-refractivity contribution is 0.0999. The number of nitrogens with one attached hydrogen (secondary N) is 1. The first kappa shape index (κ1) is 17.3. The van der Waals surface area contributed by atoms with Gasteiger partial charge in [0.2, 0.25) is 5.91 Å². The van der Waals surface area contributed by atoms with Gasteiger partial charge in [0.15, 0.2) is 0 Å². The summed E-state index contributed by atoms with van der Waals surface area (Å²) in [6.45, 7) is 1.63. The van der Waals surface area contributed by atoms with Crippen LogP contribution in [-0.2, 0) is 10.0 Å². The molecule has 0 aliphatic rings. The number of nitrogens with two attached hydrogens (primary N) is 1. The standard InChI is InChI=1S/C15H15BrN2O4S/c1-9-11(15(17)19)4-3-5-13(9)18-23(20,21)10-6-7-14(22-2)12(16)8-10/h3-8,18H,1-2H3,(H2,17,19). The summed E-state index contributed by atoms with van der Waals surface area (Å²) in [5.41, 5.74) is 6.31. The summed E-state index contributed by atoms with van der Waals surface area (Å²) in [6, 6.07) is 9.09. The number of sulfonamides is 1. The first-order chi connectivity index (χ1) is 10.8. The number of amides is 1. The van der Waals surface area contributed by atoms with Gasteiger partial charge < -0.3 is 10.5 Å². The fraction of sp³-hybridized carbons (Fsp3) is 0.133. The third-order valence-corrected chi connectivity index (χ3v) is 5.26. The van der Waals surface area contributed by atoms with Gasteiger partial charge in [-0.05, 0) is 58.7 Å². The summed E-state index contributed by atoms with van der Waals surface area (Å²) in [5, 5.41) is 0. The van der Waals surface area contributed by atoms with Gasteiger partial charge in [-0.1, -0.05) is 6.07 Å². The molecule has 23 heavy (non-hydrogen) atoms. The Kier molecular flexibility index (Phi) is 4.96. The third kappa shape index (κ3) is 3.65. The highest BCUT2D eigenvalue weighted by molar-refractivity contribution is 9.10. The molecule has 8 heteroatoms. The van der Waals surface area contributed by atoms with Crippen LogP contribution in [0.2, 0.25) is 0 Å². The van der Waals surface area contributed by atoms with Gasteiger partial charge in [-0.3, -0.25) is 9.52 Å². The molecule has 0 aliphatic carbocycles. The third-order valence-electron chi connectivity index (χ3n) is 3.28. The molecule has 2 aromatic rings. The Labute approximate surface area is 142 Å². The molecule has 2 rings (SSSR count). The zero-order valence-corrected chi connectivity index (χ0v) is 14.9. The van der Waals surface area contributed by atoms with Crippen LogP contribution in [0.4, 0.5) is 5.69 Å². The maximum Gasteiger partial charge on any atom is 0.261 e. The topological polar surface area (TPSA) is 98.5 Å². The van der Waals surface area contributed by atoms with Gasteiger partial charge in [0.25, 0.3) is 10.0 Å². The van der Waals surface area contributed by atoms with Crippen molar-refractivity contribution in [1.82, 2.24) is 0 Å². The van der Waals surface area contributed by atoms with Gasteiger partial charge in [-0.15, -0.1) is 0 Å². The van der Waals surface area contributed by atoms with E-state index in [9.17, 15) is 13.2 Å². The highest BCUT2D eigenvalue weighted by Crippen LogP contribution is 2.29. The molecular formula is C15H15BrN2O4S. The number of carbonyl (C=O) groups is 1. The number of rotatable bonds is 5. The molecular weight excluding hydrogens is 384 g/mol. The molecule has 2 aromatic carbocycles. The van der Waals surface area contributed by atoms with Crippen LogP contribution in [0.15, 0.2) is 45.8 Å². The Morgan fingerprint density at radius 2 is 1.96 bits per heavy atom. The summed E-state index contributed by atoms with van der Waals surface area (Å²) in [5.74, 6) is -0.0911. The zero-order valence-electron chi connectivity index (χ0n) is 12.5. The minimum Gasteiger partial charge on any atom is -0.496 e. The largest absolute Gasteiger partial charge is 0.496 e. The predicted molar refractivity (Wildman–Crippen MR) is 91.2 cm³/mol. The molecule has 0 radical (unpaired) electrons. The first-order valence-electron chi connectivity index (χ1n) is 6.52. The van der Waals surface area contributed by atoms with Gasteiger partial charge in [-0.2, -0.15) is 0 Å². The molecule has 0 aliphatic heterocycles. The molecule has 0 atom stereocenters. The number of benzene rings is 2. The lowest BCUT2D eigenvalue weighted by Gasteiger charge is -2.13. The van der Waals surface area contributed by atoms with Crippen LogP contribution < -0.4 is 15.2 Å². The lowest BCUT2D eigenvalue weighted by Crippen LogP contribution is -2.17. The van der Waals surface area contributed by atoms with E-state index in [2.05, 4.69) is 20.7 Å². The minimum absolute atomic E-state index is 0.0639. The summed E-state index contributed by atoms with van der Waals surface area (Å²) in [7, 11) is -2.32. The number of hydrogen-bond donors (Lipinski definition) is 2. The van der Waals surface area contributed by atoms with Crippen LogP contribution in [0.1, 0.15) is 15.9 Å². The molecule has 3 N–H and O–H groups in total. The van der Waals surface area contributed by atoms with E-state index in [1.807, 2.05) is 0 Å². The van der Waals surface area contributed by atoms with Gasteiger partial charge in [0, 0.05) is 5.56 Å². The smallest absolute Gasteiger partial charge is 0.261 e. The van der Waals surface area contributed by atoms with Crippen molar-refractivity contribution in [3.8, 4) is 5.75 Å². The summed E-state index contributed by atoms with van der Waals surface area (Å²) in [6.07, 6.45) is 0. The number of carbonyl (C=O) groups excluding carboxylic acids is 1. The fourth-order valence-electron chi connectivity index (χ4n) is 2.03. The SMILES string of the molecule is COc1ccc(S(=O)(=O)Nc2cccc(C(N)=O)c2C)cc1Br. The molecule has 0 fully saturated rings. The van der Waals surface area contributed by atoms with Crippen LogP contribution in [0.25, 0.3) is 0 Å².